The molecule has 0 spiro atoms. The van der Waals surface area contributed by atoms with E-state index in [0.717, 1.165) is 28.7 Å². The number of benzene rings is 3. The first kappa shape index (κ1) is 39.2. The third kappa shape index (κ3) is 6.30. The number of ether oxygens (including phenoxy) is 1. The molecule has 292 valence electrons. The quantitative estimate of drug-likeness (QED) is 0.136. The summed E-state index contributed by atoms with van der Waals surface area (Å²) in [5, 5.41) is 24.3. The van der Waals surface area contributed by atoms with E-state index in [1.54, 1.807) is 4.90 Å². The topological polar surface area (TPSA) is 104 Å². The lowest BCUT2D eigenvalue weighted by Crippen LogP contribution is -2.60. The first-order valence-electron chi connectivity index (χ1n) is 20.5. The molecule has 3 fully saturated rings. The summed E-state index contributed by atoms with van der Waals surface area (Å²) in [4.78, 5) is 44.9. The lowest BCUT2D eigenvalue weighted by molar-refractivity contribution is -0.177. The molecule has 55 heavy (non-hydrogen) atoms. The van der Waals surface area contributed by atoms with Crippen molar-refractivity contribution in [2.24, 2.45) is 16.2 Å². The van der Waals surface area contributed by atoms with Gasteiger partial charge in [-0.05, 0) is 112 Å². The Balaban J connectivity index is 1.32. The Kier molecular flexibility index (Phi) is 10.3. The molecule has 3 aromatic carbocycles. The van der Waals surface area contributed by atoms with Crippen LogP contribution in [0.2, 0.25) is 0 Å². The largest absolute Gasteiger partial charge is 0.448 e. The van der Waals surface area contributed by atoms with Crippen molar-refractivity contribution in [2.45, 2.75) is 129 Å². The number of allylic oxidation sites excluding steroid dienone is 2. The van der Waals surface area contributed by atoms with Crippen LogP contribution in [0.15, 0.2) is 84.4 Å². The van der Waals surface area contributed by atoms with E-state index in [1.807, 2.05) is 94.4 Å². The van der Waals surface area contributed by atoms with Crippen LogP contribution in [0.5, 0.6) is 0 Å². The maximum Gasteiger partial charge on any atom is 0.313 e. The molecule has 7 heteroatoms. The van der Waals surface area contributed by atoms with Crippen LogP contribution in [0.1, 0.15) is 132 Å². The minimum absolute atomic E-state index is 0.0807. The standard InChI is InChI=1S/C48H59NO6/c1-7-28-49(42(52)48-27-26-46(6,43(53)55-48)44(48,3)4)31-47(54)25-23-40-37-22-20-33(29-35(50)21-19-32(2)14-13-24-45(40,47)5)30-39(37)41(51)38-18-12-11-17-36(38)34-15-9-8-10-16-34/h8-12,14-18,20,22,30,35,40,50,54H,7,13,19,21,23-29,31H2,1-6H3. The second kappa shape index (κ2) is 14.5. The normalized spacial score (nSPS) is 31.3. The van der Waals surface area contributed by atoms with Crippen LogP contribution in [0.25, 0.3) is 11.1 Å². The zero-order valence-electron chi connectivity index (χ0n) is 33.6. The van der Waals surface area contributed by atoms with Crippen LogP contribution in [-0.2, 0) is 20.7 Å². The van der Waals surface area contributed by atoms with Gasteiger partial charge in [-0.25, -0.2) is 0 Å². The molecule has 4 bridgehead atoms. The Morgan fingerprint density at radius 3 is 2.31 bits per heavy atom. The summed E-state index contributed by atoms with van der Waals surface area (Å²) < 4.78 is 6.08. The van der Waals surface area contributed by atoms with Crippen LogP contribution in [0.4, 0.5) is 0 Å². The fourth-order valence-electron chi connectivity index (χ4n) is 10.7. The molecule has 3 aromatic rings. The van der Waals surface area contributed by atoms with Gasteiger partial charge in [0.1, 0.15) is 0 Å². The highest BCUT2D eigenvalue weighted by Gasteiger charge is 2.76. The predicted molar refractivity (Wildman–Crippen MR) is 216 cm³/mol. The zero-order chi connectivity index (χ0) is 39.4. The SMILES string of the molecule is CCCN(CC1(O)CCC2c3ccc(cc3C(=O)c3ccccc3-c3ccccc3)CC(O)CCC(C)=CCCC21C)C(=O)C12CCC(C)(C(=O)O1)C2(C)C. The number of amides is 1. The van der Waals surface area contributed by atoms with Crippen LogP contribution in [0, 0.1) is 16.2 Å². The van der Waals surface area contributed by atoms with Crippen molar-refractivity contribution in [1.82, 2.24) is 4.90 Å². The molecule has 4 aliphatic carbocycles. The highest BCUT2D eigenvalue weighted by Crippen LogP contribution is 2.66. The number of aliphatic hydroxyl groups excluding tert-OH is 1. The minimum Gasteiger partial charge on any atom is -0.448 e. The number of esters is 1. The lowest BCUT2D eigenvalue weighted by atomic mass is 9.64. The molecule has 1 aliphatic heterocycles. The molecule has 1 amide bonds. The van der Waals surface area contributed by atoms with E-state index < -0.39 is 33.6 Å². The minimum atomic E-state index is -1.29. The van der Waals surface area contributed by atoms with Crippen molar-refractivity contribution < 1.29 is 29.3 Å². The van der Waals surface area contributed by atoms with E-state index in [1.165, 1.54) is 5.57 Å². The molecule has 2 N–H and O–H groups in total. The van der Waals surface area contributed by atoms with Crippen molar-refractivity contribution in [3.05, 3.63) is 107 Å². The van der Waals surface area contributed by atoms with Gasteiger partial charge in [0.2, 0.25) is 0 Å². The average molecular weight is 746 g/mol. The van der Waals surface area contributed by atoms with Crippen molar-refractivity contribution >= 4 is 17.7 Å². The Labute approximate surface area is 327 Å². The predicted octanol–water partition coefficient (Wildman–Crippen LogP) is 8.98. The molecule has 0 radical (unpaired) electrons. The third-order valence-electron chi connectivity index (χ3n) is 14.8. The van der Waals surface area contributed by atoms with Gasteiger partial charge < -0.3 is 19.8 Å². The summed E-state index contributed by atoms with van der Waals surface area (Å²) in [6.45, 7) is 12.7. The summed E-state index contributed by atoms with van der Waals surface area (Å²) in [5.41, 5.74) is 1.33. The summed E-state index contributed by atoms with van der Waals surface area (Å²) in [6.07, 6.45) is 7.71. The van der Waals surface area contributed by atoms with E-state index >= 15 is 4.79 Å². The van der Waals surface area contributed by atoms with E-state index in [-0.39, 0.29) is 30.1 Å². The van der Waals surface area contributed by atoms with Gasteiger partial charge in [0.15, 0.2) is 11.4 Å². The van der Waals surface area contributed by atoms with Gasteiger partial charge in [-0.15, -0.1) is 0 Å². The van der Waals surface area contributed by atoms with Crippen LogP contribution in [-0.4, -0.2) is 63.2 Å². The first-order valence-corrected chi connectivity index (χ1v) is 20.5. The van der Waals surface area contributed by atoms with Gasteiger partial charge >= 0.3 is 5.97 Å². The molecule has 5 aliphatic rings. The maximum absolute atomic E-state index is 15.0. The summed E-state index contributed by atoms with van der Waals surface area (Å²) >= 11 is 0. The molecule has 0 aromatic heterocycles. The first-order chi connectivity index (χ1) is 26.1. The van der Waals surface area contributed by atoms with E-state index in [4.69, 9.17) is 4.74 Å². The van der Waals surface area contributed by atoms with Crippen LogP contribution in [0.3, 0.4) is 0 Å². The Morgan fingerprint density at radius 2 is 1.62 bits per heavy atom. The van der Waals surface area contributed by atoms with Gasteiger partial charge in [-0.3, -0.25) is 14.4 Å². The molecular weight excluding hydrogens is 687 g/mol. The van der Waals surface area contributed by atoms with Crippen molar-refractivity contribution in [3.8, 4) is 11.1 Å². The smallest absolute Gasteiger partial charge is 0.313 e. The highest BCUT2D eigenvalue weighted by molar-refractivity contribution is 6.14. The Morgan fingerprint density at radius 1 is 0.891 bits per heavy atom. The number of ketones is 1. The number of aliphatic hydroxyl groups is 2. The molecule has 6 unspecified atom stereocenters. The molecule has 1 saturated heterocycles. The van der Waals surface area contributed by atoms with E-state index in [0.29, 0.717) is 75.5 Å². The van der Waals surface area contributed by atoms with Crippen LogP contribution >= 0.6 is 0 Å². The van der Waals surface area contributed by atoms with Crippen molar-refractivity contribution in [1.29, 1.82) is 0 Å². The van der Waals surface area contributed by atoms with Crippen LogP contribution < -0.4 is 0 Å². The lowest BCUT2D eigenvalue weighted by Gasteiger charge is -2.47. The molecule has 1 heterocycles. The van der Waals surface area contributed by atoms with Crippen molar-refractivity contribution in [2.75, 3.05) is 13.1 Å². The second-order valence-corrected chi connectivity index (χ2v) is 18.1. The van der Waals surface area contributed by atoms with Gasteiger partial charge in [0.05, 0.1) is 23.7 Å². The summed E-state index contributed by atoms with van der Waals surface area (Å²) in [5.74, 6) is -0.788. The summed E-state index contributed by atoms with van der Waals surface area (Å²) in [6, 6.07) is 23.8. The average Bonchev–Trinajstić information content (AvgIpc) is 3.61. The third-order valence-corrected chi connectivity index (χ3v) is 14.8. The number of nitrogens with zero attached hydrogens (tertiary/aromatic N) is 1. The number of carbonyl (C=O) groups excluding carboxylic acids is 3. The second-order valence-electron chi connectivity index (χ2n) is 18.1. The number of hydrogen-bond acceptors (Lipinski definition) is 6. The van der Waals surface area contributed by atoms with E-state index in [2.05, 4.69) is 26.0 Å². The van der Waals surface area contributed by atoms with E-state index in [9.17, 15) is 19.8 Å². The monoisotopic (exact) mass is 745 g/mol. The Hall–Kier alpha value is -4.07. The van der Waals surface area contributed by atoms with Gasteiger partial charge in [0.25, 0.3) is 5.91 Å². The Bertz CT molecular complexity index is 2000. The maximum atomic E-state index is 15.0. The fraction of sp³-hybridized carbons (Fsp3) is 0.521. The number of rotatable bonds is 8. The van der Waals surface area contributed by atoms with Gasteiger partial charge in [0, 0.05) is 28.5 Å². The van der Waals surface area contributed by atoms with Gasteiger partial charge in [-0.1, -0.05) is 106 Å². The summed E-state index contributed by atoms with van der Waals surface area (Å²) in [7, 11) is 0. The highest BCUT2D eigenvalue weighted by atomic mass is 16.6. The zero-order valence-corrected chi connectivity index (χ0v) is 33.6. The van der Waals surface area contributed by atoms with Crippen molar-refractivity contribution in [3.63, 3.8) is 0 Å². The number of carbonyl (C=O) groups is 3. The molecule has 7 nitrogen and oxygen atoms in total. The van der Waals surface area contributed by atoms with Gasteiger partial charge in [-0.2, -0.15) is 0 Å². The number of hydrogen-bond donors (Lipinski definition) is 2. The molecule has 8 rings (SSSR count). The number of fused-ring (bicyclic) bond motifs is 10. The molecular formula is C48H59NO6. The fourth-order valence-corrected chi connectivity index (χ4v) is 10.7. The molecule has 2 saturated carbocycles. The molecule has 6 atom stereocenters.